The molecule has 1 aliphatic heterocycles. The van der Waals surface area contributed by atoms with Gasteiger partial charge in [-0.1, -0.05) is 11.6 Å². The molecule has 1 aromatic heterocycles. The first-order valence-corrected chi connectivity index (χ1v) is 5.63. The van der Waals surface area contributed by atoms with Crippen molar-refractivity contribution in [1.29, 1.82) is 0 Å². The van der Waals surface area contributed by atoms with Gasteiger partial charge >= 0.3 is 0 Å². The summed E-state index contributed by atoms with van der Waals surface area (Å²) in [5.74, 6) is 0. The van der Waals surface area contributed by atoms with Crippen molar-refractivity contribution in [2.45, 2.75) is 32.4 Å². The van der Waals surface area contributed by atoms with Crippen LogP contribution in [0.5, 0.6) is 0 Å². The van der Waals surface area contributed by atoms with Crippen molar-refractivity contribution in [3.63, 3.8) is 0 Å². The van der Waals surface area contributed by atoms with E-state index >= 15 is 0 Å². The number of aromatic nitrogens is 1. The molecule has 1 saturated heterocycles. The van der Waals surface area contributed by atoms with Gasteiger partial charge in [0.15, 0.2) is 0 Å². The number of halogens is 1. The minimum Gasteiger partial charge on any atom is -0.291 e. The Morgan fingerprint density at radius 3 is 2.85 bits per heavy atom. The topological polar surface area (TPSA) is 16.1 Å². The summed E-state index contributed by atoms with van der Waals surface area (Å²) in [6.45, 7) is 6.67. The van der Waals surface area contributed by atoms with Gasteiger partial charge in [-0.25, -0.2) is 4.98 Å². The second-order valence-electron chi connectivity index (χ2n) is 4.04. The molecule has 1 fully saturated rings. The number of nitrogens with zero attached hydrogens (tertiary/aromatic N) is 2. The fourth-order valence-corrected chi connectivity index (χ4v) is 2.51. The summed E-state index contributed by atoms with van der Waals surface area (Å²) in [5, 5.41) is 1.12. The lowest BCUT2D eigenvalue weighted by Gasteiger charge is -2.48. The molecule has 0 N–H and O–H groups in total. The molecular weight excluding hydrogens is 204 g/mol. The standard InChI is InChI=1S/C9H13ClN2S/c1-9(2)3-4-12(9)6-8-11-5-7(10)13-8/h5H,3-4,6H2,1-2H3. The second-order valence-corrected chi connectivity index (χ2v) is 5.79. The Morgan fingerprint density at radius 2 is 2.46 bits per heavy atom. The van der Waals surface area contributed by atoms with Crippen molar-refractivity contribution in [2.75, 3.05) is 6.54 Å². The van der Waals surface area contributed by atoms with Crippen molar-refractivity contribution < 1.29 is 0 Å². The van der Waals surface area contributed by atoms with Gasteiger partial charge in [-0.05, 0) is 20.3 Å². The van der Waals surface area contributed by atoms with Gasteiger partial charge in [0.25, 0.3) is 0 Å². The summed E-state index contributed by atoms with van der Waals surface area (Å²) < 4.78 is 0.785. The van der Waals surface area contributed by atoms with E-state index in [4.69, 9.17) is 11.6 Å². The van der Waals surface area contributed by atoms with E-state index in [0.29, 0.717) is 5.54 Å². The zero-order valence-electron chi connectivity index (χ0n) is 7.88. The highest BCUT2D eigenvalue weighted by Gasteiger charge is 2.35. The molecular formula is C9H13ClN2S. The summed E-state index contributed by atoms with van der Waals surface area (Å²) in [5.41, 5.74) is 0.359. The van der Waals surface area contributed by atoms with Gasteiger partial charge in [0.2, 0.25) is 0 Å². The molecule has 0 radical (unpaired) electrons. The molecule has 0 amide bonds. The highest BCUT2D eigenvalue weighted by atomic mass is 35.5. The van der Waals surface area contributed by atoms with Crippen LogP contribution in [0.4, 0.5) is 0 Å². The highest BCUT2D eigenvalue weighted by molar-refractivity contribution is 7.15. The number of thiazole rings is 1. The fraction of sp³-hybridized carbons (Fsp3) is 0.667. The lowest BCUT2D eigenvalue weighted by molar-refractivity contribution is 0.00789. The first-order chi connectivity index (χ1) is 6.08. The Balaban J connectivity index is 1.99. The Morgan fingerprint density at radius 1 is 1.69 bits per heavy atom. The molecule has 4 heteroatoms. The van der Waals surface area contributed by atoms with Crippen LogP contribution in [0.3, 0.4) is 0 Å². The van der Waals surface area contributed by atoms with E-state index in [2.05, 4.69) is 23.7 Å². The SMILES string of the molecule is CC1(C)CCN1Cc1ncc(Cl)s1. The summed E-state index contributed by atoms with van der Waals surface area (Å²) in [7, 11) is 0. The summed E-state index contributed by atoms with van der Waals surface area (Å²) >= 11 is 7.39. The van der Waals surface area contributed by atoms with E-state index < -0.39 is 0 Å². The van der Waals surface area contributed by atoms with Crippen LogP contribution in [0.2, 0.25) is 4.34 Å². The average molecular weight is 217 g/mol. The zero-order chi connectivity index (χ0) is 9.47. The molecule has 2 heterocycles. The monoisotopic (exact) mass is 216 g/mol. The average Bonchev–Trinajstić information content (AvgIpc) is 2.46. The van der Waals surface area contributed by atoms with Crippen molar-refractivity contribution in [1.82, 2.24) is 9.88 Å². The maximum Gasteiger partial charge on any atom is 0.113 e. The van der Waals surface area contributed by atoms with Crippen molar-refractivity contribution in [3.05, 3.63) is 15.5 Å². The Bertz CT molecular complexity index is 308. The molecule has 0 aliphatic carbocycles. The first kappa shape index (κ1) is 9.44. The molecule has 2 nitrogen and oxygen atoms in total. The van der Waals surface area contributed by atoms with Crippen LogP contribution in [0, 0.1) is 0 Å². The van der Waals surface area contributed by atoms with Gasteiger partial charge in [-0.2, -0.15) is 0 Å². The second kappa shape index (κ2) is 3.23. The maximum atomic E-state index is 5.81. The third-order valence-corrected chi connectivity index (χ3v) is 3.80. The molecule has 2 rings (SSSR count). The van der Waals surface area contributed by atoms with Crippen molar-refractivity contribution >= 4 is 22.9 Å². The van der Waals surface area contributed by atoms with Gasteiger partial charge in [0.05, 0.1) is 12.7 Å². The van der Waals surface area contributed by atoms with Gasteiger partial charge in [-0.15, -0.1) is 11.3 Å². The van der Waals surface area contributed by atoms with Crippen LogP contribution in [0.25, 0.3) is 0 Å². The molecule has 0 spiro atoms. The van der Waals surface area contributed by atoms with E-state index in [9.17, 15) is 0 Å². The predicted molar refractivity (Wildman–Crippen MR) is 56.2 cm³/mol. The van der Waals surface area contributed by atoms with Gasteiger partial charge < -0.3 is 0 Å². The largest absolute Gasteiger partial charge is 0.291 e. The molecule has 0 atom stereocenters. The summed E-state index contributed by atoms with van der Waals surface area (Å²) in [6, 6.07) is 0. The van der Waals surface area contributed by atoms with Crippen LogP contribution < -0.4 is 0 Å². The van der Waals surface area contributed by atoms with Gasteiger partial charge in [0.1, 0.15) is 9.34 Å². The van der Waals surface area contributed by atoms with E-state index in [-0.39, 0.29) is 0 Å². The van der Waals surface area contributed by atoms with Crippen LogP contribution in [0.15, 0.2) is 6.20 Å². The third-order valence-electron chi connectivity index (χ3n) is 2.70. The highest BCUT2D eigenvalue weighted by Crippen LogP contribution is 2.32. The van der Waals surface area contributed by atoms with Crippen molar-refractivity contribution in [3.8, 4) is 0 Å². The minimum absolute atomic E-state index is 0.359. The summed E-state index contributed by atoms with van der Waals surface area (Å²) in [6.07, 6.45) is 3.01. The van der Waals surface area contributed by atoms with Crippen LogP contribution >= 0.6 is 22.9 Å². The molecule has 13 heavy (non-hydrogen) atoms. The quantitative estimate of drug-likeness (QED) is 0.756. The lowest BCUT2D eigenvalue weighted by atomic mass is 9.89. The lowest BCUT2D eigenvalue weighted by Crippen LogP contribution is -2.54. The minimum atomic E-state index is 0.359. The third kappa shape index (κ3) is 1.87. The Hall–Kier alpha value is -0.120. The van der Waals surface area contributed by atoms with Crippen LogP contribution in [-0.4, -0.2) is 22.0 Å². The van der Waals surface area contributed by atoms with Gasteiger partial charge in [0, 0.05) is 12.1 Å². The van der Waals surface area contributed by atoms with E-state index in [0.717, 1.165) is 15.9 Å². The molecule has 1 aromatic rings. The zero-order valence-corrected chi connectivity index (χ0v) is 9.45. The van der Waals surface area contributed by atoms with E-state index in [1.807, 2.05) is 0 Å². The number of hydrogen-bond acceptors (Lipinski definition) is 3. The Kier molecular flexibility index (Phi) is 2.34. The van der Waals surface area contributed by atoms with E-state index in [1.165, 1.54) is 13.0 Å². The molecule has 0 saturated carbocycles. The maximum absolute atomic E-state index is 5.81. The molecule has 72 valence electrons. The van der Waals surface area contributed by atoms with Crippen LogP contribution in [0.1, 0.15) is 25.3 Å². The number of likely N-dealkylation sites (tertiary alicyclic amines) is 1. The smallest absolute Gasteiger partial charge is 0.113 e. The number of rotatable bonds is 2. The predicted octanol–water partition coefficient (Wildman–Crippen LogP) is 2.78. The van der Waals surface area contributed by atoms with Gasteiger partial charge in [-0.3, -0.25) is 4.90 Å². The fourth-order valence-electron chi connectivity index (χ4n) is 1.53. The van der Waals surface area contributed by atoms with E-state index in [1.54, 1.807) is 17.5 Å². The van der Waals surface area contributed by atoms with Crippen molar-refractivity contribution in [2.24, 2.45) is 0 Å². The first-order valence-electron chi connectivity index (χ1n) is 4.43. The molecule has 0 unspecified atom stereocenters. The molecule has 0 bridgehead atoms. The normalized spacial score (nSPS) is 21.5. The number of hydrogen-bond donors (Lipinski definition) is 0. The van der Waals surface area contributed by atoms with Crippen LogP contribution in [-0.2, 0) is 6.54 Å². The Labute approximate surface area is 87.5 Å². The molecule has 0 aromatic carbocycles. The molecule has 1 aliphatic rings. The summed E-state index contributed by atoms with van der Waals surface area (Å²) in [4.78, 5) is 6.68.